The number of rotatable bonds is 4. The summed E-state index contributed by atoms with van der Waals surface area (Å²) in [5, 5.41) is 6.54. The molecule has 12 heteroatoms. The second-order valence-corrected chi connectivity index (χ2v) is 9.34. The molecule has 0 amide bonds. The molecule has 0 spiro atoms. The van der Waals surface area contributed by atoms with Gasteiger partial charge in [-0.1, -0.05) is 6.07 Å². The lowest BCUT2D eigenvalue weighted by Gasteiger charge is -2.38. The average molecular weight is 472 g/mol. The van der Waals surface area contributed by atoms with Crippen molar-refractivity contribution in [3.05, 3.63) is 48.5 Å². The summed E-state index contributed by atoms with van der Waals surface area (Å²) in [7, 11) is -3.01. The number of nitrogens with zero attached hydrogens (tertiary/aromatic N) is 5. The zero-order valence-electron chi connectivity index (χ0n) is 16.0. The molecule has 0 radical (unpaired) electrons. The van der Waals surface area contributed by atoms with Crippen LogP contribution in [0, 0.1) is 0 Å². The predicted molar refractivity (Wildman–Crippen MR) is 121 cm³/mol. The number of piperazine rings is 1. The van der Waals surface area contributed by atoms with Gasteiger partial charge in [0.15, 0.2) is 9.84 Å². The fourth-order valence-electron chi connectivity index (χ4n) is 3.99. The molecule has 2 aliphatic rings. The number of nitrogens with one attached hydrogen (secondary N) is 2. The van der Waals surface area contributed by atoms with E-state index in [1.807, 2.05) is 41.1 Å². The van der Waals surface area contributed by atoms with Crippen molar-refractivity contribution in [2.75, 3.05) is 34.8 Å². The minimum Gasteiger partial charge on any atom is -0.350 e. The van der Waals surface area contributed by atoms with Crippen LogP contribution in [-0.4, -0.2) is 64.4 Å². The lowest BCUT2D eigenvalue weighted by molar-refractivity contribution is 0.423. The topological polar surface area (TPSA) is 105 Å². The molecule has 2 fully saturated rings. The highest BCUT2D eigenvalue weighted by Gasteiger charge is 2.43. The maximum Gasteiger partial charge on any atom is 0.224 e. The molecule has 3 aromatic rings. The largest absolute Gasteiger partial charge is 0.350 e. The van der Waals surface area contributed by atoms with Crippen LogP contribution in [0.15, 0.2) is 42.9 Å². The third-order valence-corrected chi connectivity index (χ3v) is 6.98. The first-order valence-corrected chi connectivity index (χ1v) is 11.1. The van der Waals surface area contributed by atoms with Crippen LogP contribution in [0.1, 0.15) is 5.69 Å². The molecule has 162 valence electrons. The third kappa shape index (κ3) is 4.46. The van der Waals surface area contributed by atoms with Crippen molar-refractivity contribution in [2.45, 2.75) is 18.6 Å². The summed E-state index contributed by atoms with van der Waals surface area (Å²) in [5.41, 5.74) is 1.78. The molecular formula is C18H23Cl2N7O2S. The molecule has 0 saturated carbocycles. The lowest BCUT2D eigenvalue weighted by Crippen LogP contribution is -2.57. The maximum absolute atomic E-state index is 12.1. The van der Waals surface area contributed by atoms with Crippen molar-refractivity contribution in [3.63, 3.8) is 0 Å². The average Bonchev–Trinajstić information content (AvgIpc) is 3.24. The number of hydrogen-bond acceptors (Lipinski definition) is 8. The Balaban J connectivity index is 0.00000128. The normalized spacial score (nSPS) is 22.1. The van der Waals surface area contributed by atoms with Crippen molar-refractivity contribution in [3.8, 4) is 0 Å². The Morgan fingerprint density at radius 1 is 1.17 bits per heavy atom. The van der Waals surface area contributed by atoms with Gasteiger partial charge in [0.1, 0.15) is 11.5 Å². The van der Waals surface area contributed by atoms with Crippen LogP contribution < -0.4 is 15.5 Å². The second-order valence-electron chi connectivity index (χ2n) is 7.19. The molecule has 30 heavy (non-hydrogen) atoms. The zero-order chi connectivity index (χ0) is 19.1. The molecule has 2 saturated heterocycles. The monoisotopic (exact) mass is 471 g/mol. The van der Waals surface area contributed by atoms with Gasteiger partial charge in [0.2, 0.25) is 5.95 Å². The lowest BCUT2D eigenvalue weighted by atomic mass is 10.1. The van der Waals surface area contributed by atoms with Gasteiger partial charge in [0.05, 0.1) is 29.8 Å². The van der Waals surface area contributed by atoms with Gasteiger partial charge in [0.25, 0.3) is 0 Å². The van der Waals surface area contributed by atoms with Crippen molar-refractivity contribution in [1.29, 1.82) is 0 Å². The van der Waals surface area contributed by atoms with Crippen molar-refractivity contribution < 1.29 is 8.42 Å². The van der Waals surface area contributed by atoms with E-state index in [4.69, 9.17) is 0 Å². The summed E-state index contributed by atoms with van der Waals surface area (Å²) >= 11 is 0. The quantitative estimate of drug-likeness (QED) is 0.583. The zero-order valence-corrected chi connectivity index (χ0v) is 18.5. The highest BCUT2D eigenvalue weighted by Crippen LogP contribution is 2.26. The summed E-state index contributed by atoms with van der Waals surface area (Å²) < 4.78 is 26.1. The van der Waals surface area contributed by atoms with Crippen LogP contribution in [0.5, 0.6) is 0 Å². The van der Waals surface area contributed by atoms with E-state index in [1.54, 1.807) is 6.20 Å². The van der Waals surface area contributed by atoms with E-state index >= 15 is 0 Å². The Bertz CT molecular complexity index is 1090. The Morgan fingerprint density at radius 2 is 2.03 bits per heavy atom. The number of aromatic nitrogens is 4. The number of imidazole rings is 1. The van der Waals surface area contributed by atoms with Crippen molar-refractivity contribution >= 4 is 52.1 Å². The summed E-state index contributed by atoms with van der Waals surface area (Å²) in [6, 6.07) is 7.59. The fourth-order valence-corrected chi connectivity index (χ4v) is 5.94. The molecule has 5 heterocycles. The molecule has 5 rings (SSSR count). The molecule has 0 unspecified atom stereocenters. The highest BCUT2D eigenvalue weighted by atomic mass is 35.5. The van der Waals surface area contributed by atoms with E-state index in [0.717, 1.165) is 30.2 Å². The molecule has 3 aromatic heterocycles. The van der Waals surface area contributed by atoms with Gasteiger partial charge in [-0.25, -0.2) is 18.4 Å². The van der Waals surface area contributed by atoms with Gasteiger partial charge in [-0.15, -0.1) is 24.8 Å². The van der Waals surface area contributed by atoms with Crippen LogP contribution in [0.25, 0.3) is 5.65 Å². The molecule has 2 N–H and O–H groups in total. The molecule has 2 atom stereocenters. The number of pyridine rings is 1. The molecule has 9 nitrogen and oxygen atoms in total. The number of fused-ring (bicyclic) bond motifs is 2. The van der Waals surface area contributed by atoms with E-state index in [-0.39, 0.29) is 48.4 Å². The van der Waals surface area contributed by atoms with E-state index in [1.165, 1.54) is 0 Å². The summed E-state index contributed by atoms with van der Waals surface area (Å²) in [5.74, 6) is 1.61. The summed E-state index contributed by atoms with van der Waals surface area (Å²) in [6.45, 7) is 1.97. The Hall–Kier alpha value is -2.14. The number of hydrogen-bond donors (Lipinski definition) is 2. The van der Waals surface area contributed by atoms with Crippen molar-refractivity contribution in [1.82, 2.24) is 24.7 Å². The second kappa shape index (κ2) is 8.93. The van der Waals surface area contributed by atoms with Gasteiger partial charge in [0, 0.05) is 37.7 Å². The van der Waals surface area contributed by atoms with Gasteiger partial charge < -0.3 is 19.9 Å². The van der Waals surface area contributed by atoms with E-state index in [2.05, 4.69) is 30.5 Å². The van der Waals surface area contributed by atoms with Crippen LogP contribution >= 0.6 is 24.8 Å². The Morgan fingerprint density at radius 3 is 2.87 bits per heavy atom. The van der Waals surface area contributed by atoms with Crippen LogP contribution in [0.2, 0.25) is 0 Å². The molecule has 0 aromatic carbocycles. The van der Waals surface area contributed by atoms with Gasteiger partial charge in [-0.05, 0) is 18.2 Å². The SMILES string of the molecule is Cl.Cl.O=S1(=O)C[C@@H]2NCCN(c3ccnc(NCc4cn5ccccc5n4)n3)[C@@H]2C1. The van der Waals surface area contributed by atoms with Gasteiger partial charge >= 0.3 is 0 Å². The van der Waals surface area contributed by atoms with Gasteiger partial charge in [-0.2, -0.15) is 4.98 Å². The summed E-state index contributed by atoms with van der Waals surface area (Å²) in [4.78, 5) is 15.6. The molecule has 0 bridgehead atoms. The minimum absolute atomic E-state index is 0. The molecule has 0 aliphatic carbocycles. The van der Waals surface area contributed by atoms with Crippen molar-refractivity contribution in [2.24, 2.45) is 0 Å². The highest BCUT2D eigenvalue weighted by molar-refractivity contribution is 7.91. The number of sulfone groups is 1. The first kappa shape index (κ1) is 22.5. The standard InChI is InChI=1S/C18H21N7O2S.2ClH/c26-28(27)11-14-15(12-28)25(8-6-19-14)17-4-5-20-18(23-17)21-9-13-10-24-7-2-1-3-16(24)22-13;;/h1-5,7,10,14-15,19H,6,8-9,11-12H2,(H,20,21,23);2*1H/t14-,15+;;/m0../s1. The van der Waals surface area contributed by atoms with E-state index < -0.39 is 9.84 Å². The maximum atomic E-state index is 12.1. The number of halogens is 2. The molecular weight excluding hydrogens is 449 g/mol. The minimum atomic E-state index is -3.01. The summed E-state index contributed by atoms with van der Waals surface area (Å²) in [6.07, 6.45) is 5.63. The van der Waals surface area contributed by atoms with Gasteiger partial charge in [-0.3, -0.25) is 0 Å². The van der Waals surface area contributed by atoms with Crippen LogP contribution in [-0.2, 0) is 16.4 Å². The first-order valence-electron chi connectivity index (χ1n) is 9.27. The smallest absolute Gasteiger partial charge is 0.224 e. The molecule has 2 aliphatic heterocycles. The predicted octanol–water partition coefficient (Wildman–Crippen LogP) is 1.16. The Kier molecular flexibility index (Phi) is 6.71. The fraction of sp³-hybridized carbons (Fsp3) is 0.389. The van der Waals surface area contributed by atoms with Crippen LogP contribution in [0.3, 0.4) is 0 Å². The number of anilines is 2. The third-order valence-electron chi connectivity index (χ3n) is 5.26. The van der Waals surface area contributed by atoms with Crippen LogP contribution in [0.4, 0.5) is 11.8 Å². The van der Waals surface area contributed by atoms with E-state index in [0.29, 0.717) is 12.5 Å². The first-order chi connectivity index (χ1) is 13.6. The Labute approximate surface area is 187 Å². The van der Waals surface area contributed by atoms with E-state index in [9.17, 15) is 8.42 Å².